The van der Waals surface area contributed by atoms with Gasteiger partial charge in [0.25, 0.3) is 0 Å². The van der Waals surface area contributed by atoms with E-state index in [1.54, 1.807) is 0 Å². The first kappa shape index (κ1) is 17.0. The lowest BCUT2D eigenvalue weighted by Crippen LogP contribution is -2.45. The van der Waals surface area contributed by atoms with E-state index in [4.69, 9.17) is 9.84 Å². The topological polar surface area (TPSA) is 87.7 Å². The molecule has 116 valence electrons. The molecule has 0 aliphatic carbocycles. The Morgan fingerprint density at radius 3 is 2.43 bits per heavy atom. The average Bonchev–Trinajstić information content (AvgIpc) is 2.39. The summed E-state index contributed by atoms with van der Waals surface area (Å²) >= 11 is 0. The van der Waals surface area contributed by atoms with Crippen LogP contribution in [0.2, 0.25) is 0 Å². The summed E-state index contributed by atoms with van der Waals surface area (Å²) in [5.74, 6) is 0.311. The number of ether oxygens (including phenoxy) is 1. The number of carbonyl (C=O) groups is 2. The minimum atomic E-state index is -0.718. The van der Waals surface area contributed by atoms with Crippen molar-refractivity contribution in [2.75, 3.05) is 6.73 Å². The summed E-state index contributed by atoms with van der Waals surface area (Å²) < 4.78 is 5.71. The van der Waals surface area contributed by atoms with Crippen LogP contribution in [0.5, 0.6) is 5.75 Å². The molecule has 1 atom stereocenters. The van der Waals surface area contributed by atoms with Crippen molar-refractivity contribution >= 4 is 12.3 Å². The zero-order valence-electron chi connectivity index (χ0n) is 12.6. The number of aliphatic hydroxyl groups is 1. The van der Waals surface area contributed by atoms with E-state index in [1.165, 1.54) is 0 Å². The predicted octanol–water partition coefficient (Wildman–Crippen LogP) is 0.587. The molecule has 0 fully saturated rings. The maximum absolute atomic E-state index is 11.7. The van der Waals surface area contributed by atoms with Gasteiger partial charge in [-0.2, -0.15) is 0 Å². The van der Waals surface area contributed by atoms with E-state index < -0.39 is 18.7 Å². The fourth-order valence-electron chi connectivity index (χ4n) is 1.79. The molecule has 0 bridgehead atoms. The minimum absolute atomic E-state index is 0.274. The van der Waals surface area contributed by atoms with Gasteiger partial charge in [-0.15, -0.1) is 0 Å². The highest BCUT2D eigenvalue weighted by atomic mass is 16.5. The molecule has 1 unspecified atom stereocenters. The quantitative estimate of drug-likeness (QED) is 0.507. The highest BCUT2D eigenvalue weighted by molar-refractivity contribution is 5.83. The number of rotatable bonds is 7. The standard InChI is InChI=1S/C15H22N2O4/c1-15(2,3)21-12-6-4-11(5-7-12)8-13(16-9-18)14(20)17-10-19/h4-7,9,13,19H,8,10H2,1-3H3,(H,16,18)(H,17,20). The van der Waals surface area contributed by atoms with Crippen molar-refractivity contribution in [1.82, 2.24) is 10.6 Å². The summed E-state index contributed by atoms with van der Waals surface area (Å²) in [5, 5.41) is 13.4. The smallest absolute Gasteiger partial charge is 0.244 e. The molecule has 0 aliphatic rings. The number of benzene rings is 1. The van der Waals surface area contributed by atoms with Gasteiger partial charge < -0.3 is 20.5 Å². The van der Waals surface area contributed by atoms with Crippen molar-refractivity contribution in [2.24, 2.45) is 0 Å². The lowest BCUT2D eigenvalue weighted by atomic mass is 10.1. The number of aliphatic hydroxyl groups excluding tert-OH is 1. The first-order chi connectivity index (χ1) is 9.85. The highest BCUT2D eigenvalue weighted by Gasteiger charge is 2.18. The van der Waals surface area contributed by atoms with Gasteiger partial charge in [0.15, 0.2) is 0 Å². The first-order valence-corrected chi connectivity index (χ1v) is 6.72. The van der Waals surface area contributed by atoms with Crippen molar-refractivity contribution in [3.63, 3.8) is 0 Å². The molecule has 0 aliphatic heterocycles. The van der Waals surface area contributed by atoms with E-state index in [0.29, 0.717) is 12.8 Å². The second-order valence-corrected chi connectivity index (χ2v) is 5.60. The number of carbonyl (C=O) groups excluding carboxylic acids is 2. The Hall–Kier alpha value is -2.08. The summed E-state index contributed by atoms with van der Waals surface area (Å²) in [6, 6.07) is 6.61. The molecule has 6 nitrogen and oxygen atoms in total. The van der Waals surface area contributed by atoms with Crippen LogP contribution in [0.25, 0.3) is 0 Å². The van der Waals surface area contributed by atoms with Crippen LogP contribution in [0.1, 0.15) is 26.3 Å². The van der Waals surface area contributed by atoms with Gasteiger partial charge in [-0.25, -0.2) is 0 Å². The molecular formula is C15H22N2O4. The van der Waals surface area contributed by atoms with E-state index in [-0.39, 0.29) is 5.60 Å². The molecule has 0 radical (unpaired) electrons. The third kappa shape index (κ3) is 6.27. The largest absolute Gasteiger partial charge is 0.488 e. The number of nitrogens with one attached hydrogen (secondary N) is 2. The lowest BCUT2D eigenvalue weighted by molar-refractivity contribution is -0.126. The van der Waals surface area contributed by atoms with Crippen LogP contribution in [-0.2, 0) is 16.0 Å². The van der Waals surface area contributed by atoms with Gasteiger partial charge in [-0.1, -0.05) is 12.1 Å². The lowest BCUT2D eigenvalue weighted by Gasteiger charge is -2.21. The molecule has 1 aromatic rings. The molecule has 0 spiro atoms. The van der Waals surface area contributed by atoms with Crippen molar-refractivity contribution in [2.45, 2.75) is 38.8 Å². The van der Waals surface area contributed by atoms with Crippen LogP contribution in [0, 0.1) is 0 Å². The SMILES string of the molecule is CC(C)(C)Oc1ccc(CC(NC=O)C(=O)NCO)cc1. The third-order valence-corrected chi connectivity index (χ3v) is 2.63. The van der Waals surface area contributed by atoms with Crippen LogP contribution in [-0.4, -0.2) is 35.8 Å². The second-order valence-electron chi connectivity index (χ2n) is 5.60. The Kier molecular flexibility index (Phi) is 6.17. The van der Waals surface area contributed by atoms with Gasteiger partial charge in [0.1, 0.15) is 24.1 Å². The number of amides is 2. The van der Waals surface area contributed by atoms with Crippen molar-refractivity contribution in [3.05, 3.63) is 29.8 Å². The zero-order valence-corrected chi connectivity index (χ0v) is 12.6. The van der Waals surface area contributed by atoms with Crippen LogP contribution >= 0.6 is 0 Å². The van der Waals surface area contributed by atoms with E-state index in [9.17, 15) is 9.59 Å². The third-order valence-electron chi connectivity index (χ3n) is 2.63. The molecule has 0 saturated carbocycles. The monoisotopic (exact) mass is 294 g/mol. The molecule has 6 heteroatoms. The maximum Gasteiger partial charge on any atom is 0.244 e. The fraction of sp³-hybridized carbons (Fsp3) is 0.467. The molecule has 0 heterocycles. The summed E-state index contributed by atoms with van der Waals surface area (Å²) in [4.78, 5) is 22.2. The minimum Gasteiger partial charge on any atom is -0.488 e. The number of hydrogen-bond donors (Lipinski definition) is 3. The van der Waals surface area contributed by atoms with E-state index in [1.807, 2.05) is 45.0 Å². The Morgan fingerprint density at radius 2 is 1.95 bits per heavy atom. The molecule has 0 saturated heterocycles. The molecule has 1 aromatic carbocycles. The molecule has 1 rings (SSSR count). The van der Waals surface area contributed by atoms with E-state index in [0.717, 1.165) is 11.3 Å². The predicted molar refractivity (Wildman–Crippen MR) is 78.7 cm³/mol. The summed E-state index contributed by atoms with van der Waals surface area (Å²) in [6.07, 6.45) is 0.805. The summed E-state index contributed by atoms with van der Waals surface area (Å²) in [6.45, 7) is 5.42. The Balaban J connectivity index is 2.71. The van der Waals surface area contributed by atoms with Gasteiger partial charge >= 0.3 is 0 Å². The van der Waals surface area contributed by atoms with Crippen LogP contribution in [0.15, 0.2) is 24.3 Å². The molecular weight excluding hydrogens is 272 g/mol. The molecule has 0 aromatic heterocycles. The highest BCUT2D eigenvalue weighted by Crippen LogP contribution is 2.19. The van der Waals surface area contributed by atoms with Crippen LogP contribution < -0.4 is 15.4 Å². The van der Waals surface area contributed by atoms with Crippen molar-refractivity contribution < 1.29 is 19.4 Å². The van der Waals surface area contributed by atoms with Crippen molar-refractivity contribution in [3.8, 4) is 5.75 Å². The molecule has 21 heavy (non-hydrogen) atoms. The van der Waals surface area contributed by atoms with Gasteiger partial charge in [0.2, 0.25) is 12.3 Å². The van der Waals surface area contributed by atoms with Gasteiger partial charge in [0, 0.05) is 6.42 Å². The first-order valence-electron chi connectivity index (χ1n) is 6.72. The average molecular weight is 294 g/mol. The van der Waals surface area contributed by atoms with Gasteiger partial charge in [-0.3, -0.25) is 9.59 Å². The van der Waals surface area contributed by atoms with E-state index in [2.05, 4.69) is 10.6 Å². The van der Waals surface area contributed by atoms with Crippen LogP contribution in [0.4, 0.5) is 0 Å². The molecule has 3 N–H and O–H groups in total. The fourth-order valence-corrected chi connectivity index (χ4v) is 1.79. The van der Waals surface area contributed by atoms with Gasteiger partial charge in [-0.05, 0) is 38.5 Å². The van der Waals surface area contributed by atoms with E-state index >= 15 is 0 Å². The Bertz CT molecular complexity index is 466. The second kappa shape index (κ2) is 7.64. The number of hydrogen-bond acceptors (Lipinski definition) is 4. The van der Waals surface area contributed by atoms with Gasteiger partial charge in [0.05, 0.1) is 0 Å². The maximum atomic E-state index is 11.7. The van der Waals surface area contributed by atoms with Crippen molar-refractivity contribution in [1.29, 1.82) is 0 Å². The molecule has 2 amide bonds. The summed E-state index contributed by atoms with van der Waals surface area (Å²) in [5.41, 5.74) is 0.605. The van der Waals surface area contributed by atoms with Crippen LogP contribution in [0.3, 0.4) is 0 Å². The Labute approximate surface area is 124 Å². The zero-order chi connectivity index (χ0) is 15.9. The normalized spacial score (nSPS) is 12.4. The summed E-state index contributed by atoms with van der Waals surface area (Å²) in [7, 11) is 0. The Morgan fingerprint density at radius 1 is 1.33 bits per heavy atom.